The molecule has 35 heavy (non-hydrogen) atoms. The molecule has 0 amide bonds. The highest BCUT2D eigenvalue weighted by Gasteiger charge is 2.40. The Balaban J connectivity index is 1.53. The summed E-state index contributed by atoms with van der Waals surface area (Å²) in [6.07, 6.45) is -2.44. The van der Waals surface area contributed by atoms with Crippen molar-refractivity contribution < 1.29 is 28.2 Å². The minimum absolute atomic E-state index is 0.0755. The van der Waals surface area contributed by atoms with Gasteiger partial charge < -0.3 is 14.2 Å². The van der Waals surface area contributed by atoms with Crippen LogP contribution in [-0.2, 0) is 14.2 Å². The van der Waals surface area contributed by atoms with Crippen LogP contribution >= 0.6 is 23.2 Å². The van der Waals surface area contributed by atoms with E-state index >= 15 is 0 Å². The van der Waals surface area contributed by atoms with Gasteiger partial charge in [0, 0.05) is 16.5 Å². The number of rotatable bonds is 6. The minimum Gasteiger partial charge on any atom is -0.459 e. The van der Waals surface area contributed by atoms with E-state index in [1.54, 1.807) is 0 Å². The fourth-order valence-electron chi connectivity index (χ4n) is 3.44. The van der Waals surface area contributed by atoms with E-state index in [1.807, 2.05) is 4.98 Å². The highest BCUT2D eigenvalue weighted by Crippen LogP contribution is 2.31. The molecule has 2 heterocycles. The molecular weight excluding hydrogens is 509 g/mol. The first-order valence-corrected chi connectivity index (χ1v) is 11.0. The van der Waals surface area contributed by atoms with Crippen LogP contribution in [0, 0.1) is 5.82 Å². The molecule has 1 N–H and O–H groups in total. The summed E-state index contributed by atoms with van der Waals surface area (Å²) in [5, 5.41) is 0.869. The summed E-state index contributed by atoms with van der Waals surface area (Å²) in [7, 11) is 0. The van der Waals surface area contributed by atoms with Crippen molar-refractivity contribution in [2.24, 2.45) is 0 Å². The zero-order valence-electron chi connectivity index (χ0n) is 17.8. The van der Waals surface area contributed by atoms with Crippen LogP contribution < -0.4 is 11.2 Å². The second kappa shape index (κ2) is 10.4. The average molecular weight is 526 g/mol. The Kier molecular flexibility index (Phi) is 7.34. The summed E-state index contributed by atoms with van der Waals surface area (Å²) in [5.74, 6) is -2.57. The third kappa shape index (κ3) is 5.79. The largest absolute Gasteiger partial charge is 0.459 e. The second-order valence-corrected chi connectivity index (χ2v) is 8.44. The van der Waals surface area contributed by atoms with Crippen molar-refractivity contribution in [1.82, 2.24) is 9.55 Å². The molecule has 182 valence electrons. The smallest absolute Gasteiger partial charge is 0.338 e. The van der Waals surface area contributed by atoms with Gasteiger partial charge in [-0.3, -0.25) is 14.3 Å². The molecule has 1 unspecified atom stereocenters. The summed E-state index contributed by atoms with van der Waals surface area (Å²) >= 11 is 11.7. The lowest BCUT2D eigenvalue weighted by Gasteiger charge is -2.19. The molecule has 0 saturated carbocycles. The lowest BCUT2D eigenvalue weighted by atomic mass is 10.1. The van der Waals surface area contributed by atoms with Gasteiger partial charge in [-0.05, 0) is 48.5 Å². The average Bonchev–Trinajstić information content (AvgIpc) is 3.22. The molecule has 1 aliphatic rings. The number of aromatic amines is 1. The molecule has 3 atom stereocenters. The van der Waals surface area contributed by atoms with Gasteiger partial charge in [0.25, 0.3) is 5.56 Å². The maximum atomic E-state index is 13.8. The van der Waals surface area contributed by atoms with E-state index in [9.17, 15) is 23.6 Å². The first-order chi connectivity index (χ1) is 16.7. The van der Waals surface area contributed by atoms with E-state index in [-0.39, 0.29) is 24.2 Å². The summed E-state index contributed by atoms with van der Waals surface area (Å²) in [4.78, 5) is 50.4. The van der Waals surface area contributed by atoms with Gasteiger partial charge in [-0.1, -0.05) is 23.2 Å². The van der Waals surface area contributed by atoms with Crippen molar-refractivity contribution >= 4 is 35.1 Å². The van der Waals surface area contributed by atoms with Gasteiger partial charge >= 0.3 is 17.6 Å². The number of nitrogens with one attached hydrogen (secondary N) is 1. The van der Waals surface area contributed by atoms with Crippen LogP contribution in [0.25, 0.3) is 0 Å². The first-order valence-electron chi connectivity index (χ1n) is 10.3. The van der Waals surface area contributed by atoms with E-state index in [0.717, 1.165) is 4.57 Å². The van der Waals surface area contributed by atoms with Crippen molar-refractivity contribution in [3.05, 3.63) is 103 Å². The normalized spacial score (nSPS) is 19.3. The Morgan fingerprint density at radius 3 is 2.17 bits per heavy atom. The summed E-state index contributed by atoms with van der Waals surface area (Å²) in [6.45, 7) is -0.336. The van der Waals surface area contributed by atoms with Gasteiger partial charge in [-0.15, -0.1) is 0 Å². The quantitative estimate of drug-likeness (QED) is 0.490. The van der Waals surface area contributed by atoms with Gasteiger partial charge in [-0.25, -0.2) is 14.4 Å². The number of esters is 2. The highest BCUT2D eigenvalue weighted by atomic mass is 35.5. The third-order valence-electron chi connectivity index (χ3n) is 5.21. The monoisotopic (exact) mass is 525 g/mol. The lowest BCUT2D eigenvalue weighted by molar-refractivity contribution is -0.0584. The van der Waals surface area contributed by atoms with Crippen molar-refractivity contribution in [2.45, 2.75) is 24.9 Å². The molecule has 4 rings (SSSR count). The Morgan fingerprint density at radius 2 is 1.57 bits per heavy atom. The van der Waals surface area contributed by atoms with Gasteiger partial charge in [0.05, 0.1) is 17.3 Å². The molecule has 1 fully saturated rings. The van der Waals surface area contributed by atoms with Crippen LogP contribution in [0.1, 0.15) is 33.4 Å². The Bertz CT molecular complexity index is 1360. The number of halogens is 3. The molecule has 1 aromatic heterocycles. The second-order valence-electron chi connectivity index (χ2n) is 7.56. The molecule has 0 radical (unpaired) electrons. The fourth-order valence-corrected chi connectivity index (χ4v) is 3.69. The van der Waals surface area contributed by atoms with Crippen LogP contribution in [0.3, 0.4) is 0 Å². The number of aromatic nitrogens is 2. The number of H-pyrrole nitrogens is 1. The Morgan fingerprint density at radius 1 is 1.00 bits per heavy atom. The van der Waals surface area contributed by atoms with Crippen LogP contribution in [0.2, 0.25) is 10.0 Å². The molecule has 12 heteroatoms. The molecule has 1 saturated heterocycles. The number of hydrogen-bond donors (Lipinski definition) is 1. The van der Waals surface area contributed by atoms with E-state index in [2.05, 4.69) is 0 Å². The summed E-state index contributed by atoms with van der Waals surface area (Å²) in [6, 6.07) is 12.0. The standard InChI is InChI=1S/C23H17Cl2FN2O7/c24-14-5-1-12(2-6-14)21(30)33-11-18-17(35-22(31)13-3-7-15(25)8-4-13)9-19(34-18)28-10-16(26)20(29)27-23(28)32/h1-8,10,17-19H,9,11H2,(H,27,29,32)/t17-,18+,19?/m0/s1/i23+1,27+1,28+1. The topological polar surface area (TPSA) is 117 Å². The zero-order chi connectivity index (χ0) is 25.1. The van der Waals surface area contributed by atoms with Crippen molar-refractivity contribution in [2.75, 3.05) is 6.61 Å². The highest BCUT2D eigenvalue weighted by molar-refractivity contribution is 6.31. The minimum atomic E-state index is -1.19. The number of nitrogens with zero attached hydrogens (tertiary/aromatic N) is 1. The zero-order valence-corrected chi connectivity index (χ0v) is 19.3. The van der Waals surface area contributed by atoms with E-state index in [1.165, 1.54) is 48.5 Å². The maximum Gasteiger partial charge on any atom is 0.338 e. The van der Waals surface area contributed by atoms with Crippen LogP contribution in [0.15, 0.2) is 64.3 Å². The SMILES string of the molecule is O=C(OC[C@H]1OC([15n]2cc(F)c(=O)[15nH][13c]2=O)C[C@@H]1OC(=O)c1ccc(Cl)cc1)c1ccc(Cl)cc1. The fraction of sp³-hybridized carbons (Fsp3) is 0.217. The summed E-state index contributed by atoms with van der Waals surface area (Å²) in [5.41, 5.74) is -1.65. The number of carbonyl (C=O) groups is 2. The maximum absolute atomic E-state index is 13.8. The molecule has 2 aromatic carbocycles. The Labute approximate surface area is 207 Å². The number of hydrogen-bond acceptors (Lipinski definition) is 7. The lowest BCUT2D eigenvalue weighted by Crippen LogP contribution is -2.34. The molecule has 0 spiro atoms. The van der Waals surface area contributed by atoms with Gasteiger partial charge in [0.1, 0.15) is 25.0 Å². The van der Waals surface area contributed by atoms with E-state index in [0.29, 0.717) is 16.2 Å². The molecule has 9 nitrogen and oxygen atoms in total. The van der Waals surface area contributed by atoms with Gasteiger partial charge in [0.2, 0.25) is 5.82 Å². The molecular formula is C23H17Cl2FN2O7. The predicted molar refractivity (Wildman–Crippen MR) is 122 cm³/mol. The van der Waals surface area contributed by atoms with Crippen molar-refractivity contribution in [3.63, 3.8) is 0 Å². The van der Waals surface area contributed by atoms with Crippen LogP contribution in [0.5, 0.6) is 0 Å². The predicted octanol–water partition coefficient (Wildman–Crippen LogP) is 3.35. The van der Waals surface area contributed by atoms with E-state index < -0.39 is 47.4 Å². The van der Waals surface area contributed by atoms with Crippen molar-refractivity contribution in [1.29, 1.82) is 0 Å². The molecule has 3 aromatic rings. The van der Waals surface area contributed by atoms with Crippen LogP contribution in [0.4, 0.5) is 4.39 Å². The van der Waals surface area contributed by atoms with Gasteiger partial charge in [0.15, 0.2) is 0 Å². The molecule has 1 aliphatic heterocycles. The third-order valence-corrected chi connectivity index (χ3v) is 5.72. The number of carbonyl (C=O) groups excluding carboxylic acids is 2. The van der Waals surface area contributed by atoms with Gasteiger partial charge in [-0.2, -0.15) is 4.39 Å². The van der Waals surface area contributed by atoms with Crippen molar-refractivity contribution in [3.8, 4) is 0 Å². The molecule has 0 aliphatic carbocycles. The number of ether oxygens (including phenoxy) is 3. The molecule has 0 bridgehead atoms. The first kappa shape index (κ1) is 24.6. The number of benzene rings is 2. The Hall–Kier alpha value is -3.47. The summed E-state index contributed by atoms with van der Waals surface area (Å²) < 4.78 is 31.3. The van der Waals surface area contributed by atoms with E-state index in [4.69, 9.17) is 37.4 Å². The van der Waals surface area contributed by atoms with Crippen LogP contribution in [-0.4, -0.2) is 40.3 Å².